The van der Waals surface area contributed by atoms with E-state index in [2.05, 4.69) is 41.6 Å². The van der Waals surface area contributed by atoms with Crippen LogP contribution < -0.4 is 0 Å². The average molecular weight is 250 g/mol. The van der Waals surface area contributed by atoms with Gasteiger partial charge in [0.1, 0.15) is 0 Å². The van der Waals surface area contributed by atoms with Gasteiger partial charge in [0.25, 0.3) is 0 Å². The highest BCUT2D eigenvalue weighted by Crippen LogP contribution is 2.42. The van der Waals surface area contributed by atoms with E-state index in [1.54, 1.807) is 0 Å². The molecule has 17 heavy (non-hydrogen) atoms. The number of rotatable bonds is 6. The molecule has 1 saturated carbocycles. The molecule has 1 heterocycles. The van der Waals surface area contributed by atoms with Gasteiger partial charge in [0.05, 0.1) is 5.69 Å². The number of thiol groups is 1. The van der Waals surface area contributed by atoms with E-state index in [1.165, 1.54) is 31.5 Å². The number of hydrogen-bond acceptors (Lipinski definition) is 3. The summed E-state index contributed by atoms with van der Waals surface area (Å²) in [6.07, 6.45) is 5.94. The van der Waals surface area contributed by atoms with Crippen molar-refractivity contribution in [2.24, 2.45) is 5.41 Å². The molecule has 1 aliphatic carbocycles. The van der Waals surface area contributed by atoms with Gasteiger partial charge in [-0.05, 0) is 42.7 Å². The summed E-state index contributed by atoms with van der Waals surface area (Å²) in [6.45, 7) is 5.45. The lowest BCUT2D eigenvalue weighted by molar-refractivity contribution is 0.0886. The molecule has 0 saturated heterocycles. The Morgan fingerprint density at radius 2 is 2.24 bits per heavy atom. The van der Waals surface area contributed by atoms with Crippen molar-refractivity contribution in [2.45, 2.75) is 32.7 Å². The summed E-state index contributed by atoms with van der Waals surface area (Å²) >= 11 is 4.53. The SMILES string of the molecule is CCN(Cc1ccccn1)CC1(CS)CCC1. The van der Waals surface area contributed by atoms with Crippen LogP contribution >= 0.6 is 12.6 Å². The van der Waals surface area contributed by atoms with E-state index in [1.807, 2.05) is 12.3 Å². The van der Waals surface area contributed by atoms with Crippen LogP contribution in [0.5, 0.6) is 0 Å². The maximum absolute atomic E-state index is 4.53. The minimum atomic E-state index is 0.480. The quantitative estimate of drug-likeness (QED) is 0.781. The van der Waals surface area contributed by atoms with E-state index >= 15 is 0 Å². The molecule has 0 N–H and O–H groups in total. The summed E-state index contributed by atoms with van der Waals surface area (Å²) in [5.74, 6) is 1.02. The van der Waals surface area contributed by atoms with Crippen molar-refractivity contribution in [2.75, 3.05) is 18.8 Å². The fourth-order valence-electron chi connectivity index (χ4n) is 2.52. The van der Waals surface area contributed by atoms with E-state index in [4.69, 9.17) is 0 Å². The van der Waals surface area contributed by atoms with Crippen LogP contribution in [0, 0.1) is 5.41 Å². The van der Waals surface area contributed by atoms with Crippen LogP contribution in [0.1, 0.15) is 31.9 Å². The Morgan fingerprint density at radius 1 is 1.41 bits per heavy atom. The summed E-state index contributed by atoms with van der Waals surface area (Å²) in [5.41, 5.74) is 1.65. The summed E-state index contributed by atoms with van der Waals surface area (Å²) < 4.78 is 0. The first-order valence-electron chi connectivity index (χ1n) is 6.51. The molecule has 0 aliphatic heterocycles. The molecular formula is C14H22N2S. The predicted octanol–water partition coefficient (Wildman–Crippen LogP) is 3.00. The highest BCUT2D eigenvalue weighted by atomic mass is 32.1. The molecule has 1 aromatic heterocycles. The van der Waals surface area contributed by atoms with Gasteiger partial charge in [-0.25, -0.2) is 0 Å². The lowest BCUT2D eigenvalue weighted by Crippen LogP contribution is -2.43. The average Bonchev–Trinajstić information content (AvgIpc) is 2.33. The molecule has 0 bridgehead atoms. The highest BCUT2D eigenvalue weighted by molar-refractivity contribution is 7.80. The molecule has 0 atom stereocenters. The van der Waals surface area contributed by atoms with Crippen LogP contribution in [-0.2, 0) is 6.54 Å². The number of hydrogen-bond donors (Lipinski definition) is 1. The summed E-state index contributed by atoms with van der Waals surface area (Å²) in [7, 11) is 0. The third-order valence-electron chi connectivity index (χ3n) is 3.87. The number of pyridine rings is 1. The molecule has 1 aliphatic rings. The first-order valence-corrected chi connectivity index (χ1v) is 7.14. The zero-order valence-electron chi connectivity index (χ0n) is 10.6. The smallest absolute Gasteiger partial charge is 0.0543 e. The van der Waals surface area contributed by atoms with E-state index in [9.17, 15) is 0 Å². The van der Waals surface area contributed by atoms with Gasteiger partial charge in [0, 0.05) is 19.3 Å². The Bertz CT molecular complexity index is 330. The topological polar surface area (TPSA) is 16.1 Å². The van der Waals surface area contributed by atoms with Crippen LogP contribution in [0.15, 0.2) is 24.4 Å². The van der Waals surface area contributed by atoms with E-state index in [0.717, 1.165) is 18.8 Å². The van der Waals surface area contributed by atoms with Crippen LogP contribution in [0.25, 0.3) is 0 Å². The van der Waals surface area contributed by atoms with Crippen molar-refractivity contribution in [1.82, 2.24) is 9.88 Å². The van der Waals surface area contributed by atoms with Gasteiger partial charge in [-0.1, -0.05) is 19.4 Å². The van der Waals surface area contributed by atoms with E-state index in [0.29, 0.717) is 5.41 Å². The van der Waals surface area contributed by atoms with Crippen molar-refractivity contribution in [3.63, 3.8) is 0 Å². The molecule has 0 unspecified atom stereocenters. The van der Waals surface area contributed by atoms with Gasteiger partial charge in [0.2, 0.25) is 0 Å². The first-order chi connectivity index (χ1) is 8.28. The molecule has 3 heteroatoms. The van der Waals surface area contributed by atoms with Crippen LogP contribution in [-0.4, -0.2) is 28.7 Å². The second kappa shape index (κ2) is 5.87. The molecule has 0 aromatic carbocycles. The third kappa shape index (κ3) is 3.23. The van der Waals surface area contributed by atoms with Crippen LogP contribution in [0.2, 0.25) is 0 Å². The van der Waals surface area contributed by atoms with E-state index < -0.39 is 0 Å². The van der Waals surface area contributed by atoms with Gasteiger partial charge in [-0.2, -0.15) is 12.6 Å². The highest BCUT2D eigenvalue weighted by Gasteiger charge is 2.36. The van der Waals surface area contributed by atoms with Crippen LogP contribution in [0.3, 0.4) is 0 Å². The van der Waals surface area contributed by atoms with Crippen LogP contribution in [0.4, 0.5) is 0 Å². The lowest BCUT2D eigenvalue weighted by atomic mass is 9.70. The van der Waals surface area contributed by atoms with Crippen molar-refractivity contribution < 1.29 is 0 Å². The molecule has 2 nitrogen and oxygen atoms in total. The molecule has 1 aromatic rings. The maximum Gasteiger partial charge on any atom is 0.0543 e. The lowest BCUT2D eigenvalue weighted by Gasteiger charge is -2.44. The van der Waals surface area contributed by atoms with Crippen molar-refractivity contribution >= 4 is 12.6 Å². The fraction of sp³-hybridized carbons (Fsp3) is 0.643. The molecule has 0 radical (unpaired) electrons. The standard InChI is InChI=1S/C14H22N2S/c1-2-16(10-13-6-3-4-9-15-13)11-14(12-17)7-5-8-14/h3-4,6,9,17H,2,5,7-8,10-12H2,1H3. The third-order valence-corrected chi connectivity index (χ3v) is 4.54. The van der Waals surface area contributed by atoms with Crippen molar-refractivity contribution in [1.29, 1.82) is 0 Å². The Hall–Kier alpha value is -0.540. The molecule has 1 fully saturated rings. The van der Waals surface area contributed by atoms with Crippen molar-refractivity contribution in [3.05, 3.63) is 30.1 Å². The number of aromatic nitrogens is 1. The first kappa shape index (κ1) is 12.9. The zero-order valence-corrected chi connectivity index (χ0v) is 11.5. The summed E-state index contributed by atoms with van der Waals surface area (Å²) in [5, 5.41) is 0. The Morgan fingerprint density at radius 3 is 2.71 bits per heavy atom. The fourth-order valence-corrected chi connectivity index (χ4v) is 2.93. The molecule has 2 rings (SSSR count). The Labute approximate surface area is 110 Å². The second-order valence-electron chi connectivity index (χ2n) is 5.14. The molecular weight excluding hydrogens is 228 g/mol. The minimum absolute atomic E-state index is 0.480. The molecule has 94 valence electrons. The Kier molecular flexibility index (Phi) is 4.46. The zero-order chi connectivity index (χ0) is 12.1. The van der Waals surface area contributed by atoms with E-state index in [-0.39, 0.29) is 0 Å². The van der Waals surface area contributed by atoms with Gasteiger partial charge in [-0.15, -0.1) is 0 Å². The molecule has 0 amide bonds. The normalized spacial score (nSPS) is 18.1. The van der Waals surface area contributed by atoms with Gasteiger partial charge in [-0.3, -0.25) is 9.88 Å². The molecule has 0 spiro atoms. The van der Waals surface area contributed by atoms with Crippen molar-refractivity contribution in [3.8, 4) is 0 Å². The predicted molar refractivity (Wildman–Crippen MR) is 75.3 cm³/mol. The Balaban J connectivity index is 1.93. The largest absolute Gasteiger partial charge is 0.297 e. The second-order valence-corrected chi connectivity index (χ2v) is 5.45. The summed E-state index contributed by atoms with van der Waals surface area (Å²) in [4.78, 5) is 6.90. The summed E-state index contributed by atoms with van der Waals surface area (Å²) in [6, 6.07) is 6.14. The monoisotopic (exact) mass is 250 g/mol. The van der Waals surface area contributed by atoms with Gasteiger partial charge in [0.15, 0.2) is 0 Å². The van der Waals surface area contributed by atoms with Gasteiger partial charge >= 0.3 is 0 Å². The minimum Gasteiger partial charge on any atom is -0.297 e. The number of nitrogens with zero attached hydrogens (tertiary/aromatic N) is 2. The maximum atomic E-state index is 4.53. The van der Waals surface area contributed by atoms with Gasteiger partial charge < -0.3 is 0 Å².